The molecule has 3 aromatic rings. The minimum atomic E-state index is -0.879. The van der Waals surface area contributed by atoms with Gasteiger partial charge in [-0.25, -0.2) is 9.59 Å². The smallest absolute Gasteiger partial charge is 0.344 e. The molecule has 0 saturated carbocycles. The Balaban J connectivity index is 2.11. The van der Waals surface area contributed by atoms with Crippen molar-refractivity contribution in [2.75, 3.05) is 7.11 Å². The molecule has 4 rings (SSSR count). The van der Waals surface area contributed by atoms with Crippen molar-refractivity contribution in [1.82, 2.24) is 0 Å². The van der Waals surface area contributed by atoms with Crippen LogP contribution in [0, 0.1) is 0 Å². The average molecular weight is 384 g/mol. The zero-order chi connectivity index (χ0) is 19.1. The summed E-state index contributed by atoms with van der Waals surface area (Å²) in [6, 6.07) is 13.8. The van der Waals surface area contributed by atoms with Crippen molar-refractivity contribution in [2.45, 2.75) is 5.92 Å². The van der Waals surface area contributed by atoms with Gasteiger partial charge < -0.3 is 19.6 Å². The Kier molecular flexibility index (Phi) is 4.12. The molecule has 0 saturated heterocycles. The molecule has 136 valence electrons. The Morgan fingerprint density at radius 1 is 1.15 bits per heavy atom. The highest BCUT2D eigenvalue weighted by molar-refractivity contribution is 6.31. The summed E-state index contributed by atoms with van der Waals surface area (Å²) in [4.78, 5) is 25.3. The van der Waals surface area contributed by atoms with E-state index in [1.165, 1.54) is 7.11 Å². The number of fused-ring (bicyclic) bond motifs is 3. The first-order valence-corrected chi connectivity index (χ1v) is 8.46. The number of methoxy groups -OCH3 is 1. The molecule has 0 radical (unpaired) electrons. The number of rotatable bonds is 2. The minimum absolute atomic E-state index is 0.000631. The Bertz CT molecular complexity index is 1160. The fraction of sp³-hybridized carbons (Fsp3) is 0.100. The van der Waals surface area contributed by atoms with Crippen LogP contribution in [-0.2, 0) is 9.53 Å². The van der Waals surface area contributed by atoms with E-state index in [2.05, 4.69) is 0 Å². The largest absolute Gasteiger partial charge is 0.465 e. The van der Waals surface area contributed by atoms with Crippen molar-refractivity contribution in [3.8, 4) is 5.75 Å². The van der Waals surface area contributed by atoms with E-state index in [0.717, 1.165) is 0 Å². The Morgan fingerprint density at radius 2 is 1.85 bits per heavy atom. The molecule has 0 amide bonds. The van der Waals surface area contributed by atoms with Crippen LogP contribution >= 0.6 is 11.6 Å². The van der Waals surface area contributed by atoms with Crippen LogP contribution in [0.25, 0.3) is 11.0 Å². The fourth-order valence-corrected chi connectivity index (χ4v) is 3.54. The van der Waals surface area contributed by atoms with E-state index in [-0.39, 0.29) is 22.8 Å². The predicted molar refractivity (Wildman–Crippen MR) is 99.6 cm³/mol. The molecule has 2 N–H and O–H groups in total. The highest BCUT2D eigenvalue weighted by Gasteiger charge is 2.39. The van der Waals surface area contributed by atoms with Gasteiger partial charge in [0.25, 0.3) is 0 Å². The van der Waals surface area contributed by atoms with Gasteiger partial charge in [-0.05, 0) is 23.8 Å². The lowest BCUT2D eigenvalue weighted by Gasteiger charge is -2.28. The quantitative estimate of drug-likeness (QED) is 0.539. The second-order valence-electron chi connectivity index (χ2n) is 5.95. The zero-order valence-corrected chi connectivity index (χ0v) is 14.9. The van der Waals surface area contributed by atoms with Crippen molar-refractivity contribution in [3.05, 3.63) is 86.6 Å². The summed E-state index contributed by atoms with van der Waals surface area (Å²) < 4.78 is 16.0. The fourth-order valence-electron chi connectivity index (χ4n) is 3.29. The first kappa shape index (κ1) is 17.2. The van der Waals surface area contributed by atoms with Crippen molar-refractivity contribution in [1.29, 1.82) is 0 Å². The van der Waals surface area contributed by atoms with E-state index in [1.54, 1.807) is 48.5 Å². The van der Waals surface area contributed by atoms with E-state index in [1.807, 2.05) is 0 Å². The number of ether oxygens (including phenoxy) is 2. The van der Waals surface area contributed by atoms with E-state index in [4.69, 9.17) is 31.2 Å². The Labute approximate surface area is 158 Å². The third kappa shape index (κ3) is 2.65. The Morgan fingerprint density at radius 3 is 2.59 bits per heavy atom. The molecule has 27 heavy (non-hydrogen) atoms. The summed E-state index contributed by atoms with van der Waals surface area (Å²) in [6.07, 6.45) is 0. The first-order valence-electron chi connectivity index (χ1n) is 8.09. The van der Waals surface area contributed by atoms with Crippen LogP contribution in [0.2, 0.25) is 5.02 Å². The maximum Gasteiger partial charge on any atom is 0.344 e. The average Bonchev–Trinajstić information content (AvgIpc) is 2.67. The van der Waals surface area contributed by atoms with Gasteiger partial charge in [-0.1, -0.05) is 41.9 Å². The molecule has 0 spiro atoms. The number of halogens is 1. The van der Waals surface area contributed by atoms with Crippen LogP contribution in [0.3, 0.4) is 0 Å². The lowest BCUT2D eigenvalue weighted by Crippen LogP contribution is -2.30. The summed E-state index contributed by atoms with van der Waals surface area (Å²) in [5.41, 5.74) is 6.46. The lowest BCUT2D eigenvalue weighted by molar-refractivity contribution is -0.136. The molecular formula is C20H14ClNO5. The summed E-state index contributed by atoms with van der Waals surface area (Å²) >= 11 is 6.37. The number of hydrogen-bond donors (Lipinski definition) is 1. The maximum absolute atomic E-state index is 12.8. The van der Waals surface area contributed by atoms with Crippen molar-refractivity contribution < 1.29 is 18.7 Å². The van der Waals surface area contributed by atoms with Gasteiger partial charge in [0.15, 0.2) is 5.75 Å². The van der Waals surface area contributed by atoms with Gasteiger partial charge in [-0.2, -0.15) is 0 Å². The molecule has 1 aliphatic heterocycles. The van der Waals surface area contributed by atoms with Crippen LogP contribution in [0.1, 0.15) is 17.0 Å². The van der Waals surface area contributed by atoms with Crippen LogP contribution in [0.4, 0.5) is 0 Å². The first-order chi connectivity index (χ1) is 13.0. The summed E-state index contributed by atoms with van der Waals surface area (Å²) in [5.74, 6) is -1.49. The van der Waals surface area contributed by atoms with Crippen molar-refractivity contribution in [2.24, 2.45) is 5.73 Å². The molecule has 0 aliphatic carbocycles. The molecule has 1 atom stereocenters. The standard InChI is InChI=1S/C20H14ClNO5/c1-25-19(23)16-14(10-6-2-4-8-12(10)21)15-17(27-18(16)22)11-7-3-5-9-13(11)26-20(15)24/h2-9,14H,22H2,1H3/t14-/m0/s1. The Hall–Kier alpha value is -3.25. The number of carbonyl (C=O) groups excluding carboxylic acids is 1. The van der Waals surface area contributed by atoms with E-state index >= 15 is 0 Å². The van der Waals surface area contributed by atoms with Gasteiger partial charge in [0.1, 0.15) is 11.2 Å². The SMILES string of the molecule is COC(=O)C1=C(N)Oc2c(c(=O)oc3ccccc23)[C@@H]1c1ccccc1Cl. The molecule has 0 unspecified atom stereocenters. The number of benzene rings is 2. The highest BCUT2D eigenvalue weighted by atomic mass is 35.5. The van der Waals surface area contributed by atoms with Gasteiger partial charge in [0.05, 0.1) is 24.0 Å². The summed E-state index contributed by atoms with van der Waals surface area (Å²) in [7, 11) is 1.23. The molecule has 0 fully saturated rings. The monoisotopic (exact) mass is 383 g/mol. The van der Waals surface area contributed by atoms with Gasteiger partial charge in [-0.15, -0.1) is 0 Å². The molecular weight excluding hydrogens is 370 g/mol. The molecule has 6 nitrogen and oxygen atoms in total. The lowest BCUT2D eigenvalue weighted by atomic mass is 9.83. The van der Waals surface area contributed by atoms with Gasteiger partial charge in [-0.3, -0.25) is 0 Å². The number of nitrogens with two attached hydrogens (primary N) is 1. The van der Waals surface area contributed by atoms with E-state index in [0.29, 0.717) is 21.6 Å². The van der Waals surface area contributed by atoms with Gasteiger partial charge >= 0.3 is 11.6 Å². The maximum atomic E-state index is 12.8. The number of para-hydroxylation sites is 1. The van der Waals surface area contributed by atoms with Gasteiger partial charge in [0, 0.05) is 5.02 Å². The second kappa shape index (κ2) is 6.48. The topological polar surface area (TPSA) is 91.8 Å². The van der Waals surface area contributed by atoms with Crippen molar-refractivity contribution in [3.63, 3.8) is 0 Å². The van der Waals surface area contributed by atoms with Crippen molar-refractivity contribution >= 4 is 28.5 Å². The molecule has 1 aliphatic rings. The molecule has 0 bridgehead atoms. The number of carbonyl (C=O) groups is 1. The summed E-state index contributed by atoms with van der Waals surface area (Å²) in [6.45, 7) is 0. The van der Waals surface area contributed by atoms with Crippen LogP contribution in [0.15, 0.2) is 69.2 Å². The number of esters is 1. The predicted octanol–water partition coefficient (Wildman–Crippen LogP) is 3.31. The van der Waals surface area contributed by atoms with Gasteiger partial charge in [0.2, 0.25) is 5.88 Å². The van der Waals surface area contributed by atoms with E-state index < -0.39 is 17.5 Å². The number of hydrogen-bond acceptors (Lipinski definition) is 6. The second-order valence-corrected chi connectivity index (χ2v) is 6.36. The van der Waals surface area contributed by atoms with E-state index in [9.17, 15) is 9.59 Å². The molecule has 7 heteroatoms. The third-order valence-electron chi connectivity index (χ3n) is 4.48. The van der Waals surface area contributed by atoms with Crippen LogP contribution in [-0.4, -0.2) is 13.1 Å². The highest BCUT2D eigenvalue weighted by Crippen LogP contribution is 2.45. The molecule has 2 heterocycles. The molecule has 1 aromatic heterocycles. The zero-order valence-electron chi connectivity index (χ0n) is 14.2. The normalized spacial score (nSPS) is 16.0. The third-order valence-corrected chi connectivity index (χ3v) is 4.82. The molecule has 2 aromatic carbocycles. The van der Waals surface area contributed by atoms with Crippen LogP contribution in [0.5, 0.6) is 5.75 Å². The minimum Gasteiger partial charge on any atom is -0.465 e. The van der Waals surface area contributed by atoms with Crippen LogP contribution < -0.4 is 16.1 Å². The summed E-state index contributed by atoms with van der Waals surface area (Å²) in [5, 5.41) is 0.938.